The Labute approximate surface area is 136 Å². The zero-order valence-electron chi connectivity index (χ0n) is 13.6. The van der Waals surface area contributed by atoms with E-state index in [0.29, 0.717) is 19.5 Å². The number of likely N-dealkylation sites (tertiary alicyclic amines) is 1. The van der Waals surface area contributed by atoms with E-state index < -0.39 is 12.2 Å². The number of nitrogens with zero attached hydrogens (tertiary/aromatic N) is 1. The number of aliphatic hydroxyl groups is 1. The third-order valence-electron chi connectivity index (χ3n) is 4.15. The van der Waals surface area contributed by atoms with Crippen molar-refractivity contribution < 1.29 is 19.4 Å². The van der Waals surface area contributed by atoms with E-state index in [9.17, 15) is 14.7 Å². The van der Waals surface area contributed by atoms with Crippen LogP contribution in [0, 0.1) is 5.92 Å². The summed E-state index contributed by atoms with van der Waals surface area (Å²) in [6, 6.07) is 9.23. The van der Waals surface area contributed by atoms with Crippen LogP contribution in [0.2, 0.25) is 0 Å². The molecule has 1 aromatic rings. The molecule has 0 aliphatic carbocycles. The van der Waals surface area contributed by atoms with Gasteiger partial charge in [0.15, 0.2) is 0 Å². The molecule has 0 radical (unpaired) electrons. The smallest absolute Gasteiger partial charge is 0.407 e. The van der Waals surface area contributed by atoms with Crippen molar-refractivity contribution in [2.24, 2.45) is 5.92 Å². The van der Waals surface area contributed by atoms with Crippen LogP contribution in [0.5, 0.6) is 0 Å². The number of rotatable bonds is 4. The Morgan fingerprint density at radius 3 is 2.65 bits per heavy atom. The van der Waals surface area contributed by atoms with Gasteiger partial charge in [0.25, 0.3) is 0 Å². The van der Waals surface area contributed by atoms with Crippen LogP contribution in [0.3, 0.4) is 0 Å². The van der Waals surface area contributed by atoms with Crippen LogP contribution in [0.15, 0.2) is 30.3 Å². The lowest BCUT2D eigenvalue weighted by Gasteiger charge is -2.38. The maximum absolute atomic E-state index is 11.9. The molecule has 2 N–H and O–H groups in total. The van der Waals surface area contributed by atoms with E-state index in [-0.39, 0.29) is 24.5 Å². The molecule has 1 aliphatic heterocycles. The van der Waals surface area contributed by atoms with E-state index in [0.717, 1.165) is 5.56 Å². The summed E-state index contributed by atoms with van der Waals surface area (Å²) in [5, 5.41) is 12.6. The average molecular weight is 320 g/mol. The van der Waals surface area contributed by atoms with Gasteiger partial charge in [-0.2, -0.15) is 0 Å². The van der Waals surface area contributed by atoms with Crippen LogP contribution >= 0.6 is 0 Å². The maximum Gasteiger partial charge on any atom is 0.407 e. The largest absolute Gasteiger partial charge is 0.445 e. The van der Waals surface area contributed by atoms with Crippen LogP contribution in [0.1, 0.15) is 25.8 Å². The first kappa shape index (κ1) is 17.3. The molecule has 1 fully saturated rings. The van der Waals surface area contributed by atoms with Crippen molar-refractivity contribution in [3.8, 4) is 0 Å². The third kappa shape index (κ3) is 5.25. The molecule has 1 saturated heterocycles. The first-order valence-electron chi connectivity index (χ1n) is 7.86. The SMILES string of the molecule is CC(=O)N1CC(NC(=O)OCc2ccccc2)CC(C(C)O)C1. The number of carbonyl (C=O) groups excluding carboxylic acids is 2. The van der Waals surface area contributed by atoms with Gasteiger partial charge in [-0.1, -0.05) is 30.3 Å². The predicted molar refractivity (Wildman–Crippen MR) is 85.6 cm³/mol. The molecule has 2 amide bonds. The molecule has 0 aromatic heterocycles. The Hall–Kier alpha value is -2.08. The molecule has 23 heavy (non-hydrogen) atoms. The second-order valence-electron chi connectivity index (χ2n) is 6.06. The summed E-state index contributed by atoms with van der Waals surface area (Å²) < 4.78 is 5.21. The number of alkyl carbamates (subject to hydrolysis) is 1. The van der Waals surface area contributed by atoms with Gasteiger partial charge in [-0.05, 0) is 18.9 Å². The molecule has 6 nitrogen and oxygen atoms in total. The van der Waals surface area contributed by atoms with Crippen molar-refractivity contribution in [2.75, 3.05) is 13.1 Å². The minimum absolute atomic E-state index is 0.0490. The minimum atomic E-state index is -0.526. The number of hydrogen-bond donors (Lipinski definition) is 2. The fourth-order valence-electron chi connectivity index (χ4n) is 2.78. The summed E-state index contributed by atoms with van der Waals surface area (Å²) in [5.74, 6) is -0.105. The Morgan fingerprint density at radius 2 is 2.04 bits per heavy atom. The number of amides is 2. The van der Waals surface area contributed by atoms with Gasteiger partial charge in [0.05, 0.1) is 12.1 Å². The Kier molecular flexibility index (Phi) is 5.98. The number of nitrogens with one attached hydrogen (secondary N) is 1. The van der Waals surface area contributed by atoms with Crippen molar-refractivity contribution in [1.29, 1.82) is 0 Å². The Morgan fingerprint density at radius 1 is 1.35 bits per heavy atom. The fraction of sp³-hybridized carbons (Fsp3) is 0.529. The number of carbonyl (C=O) groups is 2. The van der Waals surface area contributed by atoms with Gasteiger partial charge < -0.3 is 20.1 Å². The zero-order chi connectivity index (χ0) is 16.8. The molecule has 1 aromatic carbocycles. The van der Waals surface area contributed by atoms with E-state index in [1.807, 2.05) is 30.3 Å². The van der Waals surface area contributed by atoms with Crippen LogP contribution in [-0.2, 0) is 16.1 Å². The monoisotopic (exact) mass is 320 g/mol. The molecule has 0 saturated carbocycles. The second-order valence-corrected chi connectivity index (χ2v) is 6.06. The van der Waals surface area contributed by atoms with Crippen molar-refractivity contribution >= 4 is 12.0 Å². The second kappa shape index (κ2) is 7.97. The lowest BCUT2D eigenvalue weighted by atomic mass is 9.90. The van der Waals surface area contributed by atoms with Crippen LogP contribution in [-0.4, -0.2) is 47.2 Å². The topological polar surface area (TPSA) is 78.9 Å². The van der Waals surface area contributed by atoms with Crippen molar-refractivity contribution in [3.63, 3.8) is 0 Å². The van der Waals surface area contributed by atoms with Gasteiger partial charge in [0.2, 0.25) is 5.91 Å². The quantitative estimate of drug-likeness (QED) is 0.882. The van der Waals surface area contributed by atoms with Crippen molar-refractivity contribution in [1.82, 2.24) is 10.2 Å². The average Bonchev–Trinajstić information content (AvgIpc) is 2.53. The number of benzene rings is 1. The first-order valence-corrected chi connectivity index (χ1v) is 7.86. The Bertz CT molecular complexity index is 533. The van der Waals surface area contributed by atoms with Crippen LogP contribution in [0.4, 0.5) is 4.79 Å². The van der Waals surface area contributed by atoms with Crippen LogP contribution < -0.4 is 5.32 Å². The van der Waals surface area contributed by atoms with Gasteiger partial charge in [0.1, 0.15) is 6.61 Å². The predicted octanol–water partition coefficient (Wildman–Crippen LogP) is 1.53. The van der Waals surface area contributed by atoms with Gasteiger partial charge in [-0.15, -0.1) is 0 Å². The fourth-order valence-corrected chi connectivity index (χ4v) is 2.78. The Balaban J connectivity index is 1.87. The standard InChI is InChI=1S/C17H24N2O4/c1-12(20)15-8-16(10-19(9-15)13(2)21)18-17(22)23-11-14-6-4-3-5-7-14/h3-7,12,15-16,20H,8-11H2,1-2H3,(H,18,22). The summed E-state index contributed by atoms with van der Waals surface area (Å²) in [6.45, 7) is 4.37. The molecule has 126 valence electrons. The molecule has 6 heteroatoms. The van der Waals surface area contributed by atoms with E-state index in [1.54, 1.807) is 11.8 Å². The highest BCUT2D eigenvalue weighted by molar-refractivity contribution is 5.73. The highest BCUT2D eigenvalue weighted by Crippen LogP contribution is 2.20. The van der Waals surface area contributed by atoms with E-state index in [1.165, 1.54) is 6.92 Å². The van der Waals surface area contributed by atoms with Gasteiger partial charge in [0, 0.05) is 25.9 Å². The van der Waals surface area contributed by atoms with Gasteiger partial charge >= 0.3 is 6.09 Å². The molecule has 0 bridgehead atoms. The molecular weight excluding hydrogens is 296 g/mol. The van der Waals surface area contributed by atoms with Crippen molar-refractivity contribution in [2.45, 2.75) is 39.0 Å². The first-order chi connectivity index (χ1) is 11.0. The summed E-state index contributed by atoms with van der Waals surface area (Å²) >= 11 is 0. The minimum Gasteiger partial charge on any atom is -0.445 e. The number of piperidine rings is 1. The van der Waals surface area contributed by atoms with E-state index >= 15 is 0 Å². The van der Waals surface area contributed by atoms with Gasteiger partial charge in [-0.25, -0.2) is 4.79 Å². The molecular formula is C17H24N2O4. The summed E-state index contributed by atoms with van der Waals surface area (Å²) in [4.78, 5) is 25.2. The lowest BCUT2D eigenvalue weighted by Crippen LogP contribution is -2.53. The summed E-state index contributed by atoms with van der Waals surface area (Å²) in [6.07, 6.45) is -0.405. The molecule has 2 rings (SSSR count). The normalized spacial score (nSPS) is 22.3. The molecule has 3 unspecified atom stereocenters. The molecule has 0 spiro atoms. The summed E-state index contributed by atoms with van der Waals surface area (Å²) in [5.41, 5.74) is 0.915. The van der Waals surface area contributed by atoms with E-state index in [2.05, 4.69) is 5.32 Å². The molecule has 1 aliphatic rings. The summed E-state index contributed by atoms with van der Waals surface area (Å²) in [7, 11) is 0. The van der Waals surface area contributed by atoms with Crippen LogP contribution in [0.25, 0.3) is 0 Å². The maximum atomic E-state index is 11.9. The highest BCUT2D eigenvalue weighted by atomic mass is 16.5. The van der Waals surface area contributed by atoms with Crippen molar-refractivity contribution in [3.05, 3.63) is 35.9 Å². The highest BCUT2D eigenvalue weighted by Gasteiger charge is 2.32. The number of hydrogen-bond acceptors (Lipinski definition) is 4. The third-order valence-corrected chi connectivity index (χ3v) is 4.15. The van der Waals surface area contributed by atoms with E-state index in [4.69, 9.17) is 4.74 Å². The van der Waals surface area contributed by atoms with Gasteiger partial charge in [-0.3, -0.25) is 4.79 Å². The number of aliphatic hydroxyl groups excluding tert-OH is 1. The number of ether oxygens (including phenoxy) is 1. The zero-order valence-corrected chi connectivity index (χ0v) is 13.6. The molecule has 3 atom stereocenters. The lowest BCUT2D eigenvalue weighted by molar-refractivity contribution is -0.132. The molecule has 1 heterocycles.